The van der Waals surface area contributed by atoms with E-state index in [-0.39, 0.29) is 0 Å². The van der Waals surface area contributed by atoms with E-state index in [2.05, 4.69) is 28.9 Å². The van der Waals surface area contributed by atoms with Gasteiger partial charge in [0.05, 0.1) is 19.4 Å². The van der Waals surface area contributed by atoms with E-state index >= 15 is 0 Å². The van der Waals surface area contributed by atoms with Crippen LogP contribution in [0.5, 0.6) is 0 Å². The molecule has 1 aromatic rings. The molecular formula is C13H24N4O. The van der Waals surface area contributed by atoms with Crippen LogP contribution in [0.25, 0.3) is 0 Å². The van der Waals surface area contributed by atoms with Gasteiger partial charge >= 0.3 is 0 Å². The van der Waals surface area contributed by atoms with Crippen molar-refractivity contribution in [3.8, 4) is 0 Å². The average Bonchev–Trinajstić information content (AvgIpc) is 2.76. The number of hydrogen-bond acceptors (Lipinski definition) is 4. The largest absolute Gasteiger partial charge is 0.379 e. The lowest BCUT2D eigenvalue weighted by Gasteiger charge is -2.26. The number of ether oxygens (including phenoxy) is 1. The lowest BCUT2D eigenvalue weighted by atomic mass is 10.1. The normalized spacial score (nSPS) is 22.0. The molecule has 0 aromatic carbocycles. The molecule has 0 spiro atoms. The Bertz CT molecular complexity index is 347. The highest BCUT2D eigenvalue weighted by molar-refractivity contribution is 5.03. The topological polar surface area (TPSA) is 51.1 Å². The van der Waals surface area contributed by atoms with Crippen molar-refractivity contribution >= 4 is 0 Å². The summed E-state index contributed by atoms with van der Waals surface area (Å²) in [5.74, 6) is 0. The third-order valence-corrected chi connectivity index (χ3v) is 3.30. The van der Waals surface area contributed by atoms with E-state index < -0.39 is 0 Å². The number of aromatic nitrogens is 2. The van der Waals surface area contributed by atoms with Crippen molar-refractivity contribution in [3.63, 3.8) is 0 Å². The molecular weight excluding hydrogens is 228 g/mol. The fraction of sp³-hybridized carbons (Fsp3) is 0.769. The highest BCUT2D eigenvalue weighted by atomic mass is 16.5. The van der Waals surface area contributed by atoms with Gasteiger partial charge in [0.25, 0.3) is 0 Å². The van der Waals surface area contributed by atoms with Gasteiger partial charge in [0.1, 0.15) is 0 Å². The zero-order valence-corrected chi connectivity index (χ0v) is 11.4. The van der Waals surface area contributed by atoms with Gasteiger partial charge in [-0.3, -0.25) is 4.68 Å². The Morgan fingerprint density at radius 3 is 3.22 bits per heavy atom. The highest BCUT2D eigenvalue weighted by Gasteiger charge is 2.15. The second kappa shape index (κ2) is 6.87. The molecule has 1 aliphatic heterocycles. The fourth-order valence-electron chi connectivity index (χ4n) is 2.35. The van der Waals surface area contributed by atoms with Crippen LogP contribution in [0.4, 0.5) is 0 Å². The molecule has 2 atom stereocenters. The summed E-state index contributed by atoms with van der Waals surface area (Å²) in [4.78, 5) is 0. The van der Waals surface area contributed by atoms with Gasteiger partial charge in [-0.1, -0.05) is 0 Å². The summed E-state index contributed by atoms with van der Waals surface area (Å²) >= 11 is 0. The van der Waals surface area contributed by atoms with Crippen LogP contribution >= 0.6 is 0 Å². The maximum atomic E-state index is 5.46. The molecule has 2 heterocycles. The minimum absolute atomic E-state index is 0.500. The Balaban J connectivity index is 1.60. The molecule has 1 aromatic heterocycles. The van der Waals surface area contributed by atoms with E-state index in [1.165, 1.54) is 5.56 Å². The molecule has 0 aliphatic carbocycles. The molecule has 0 bridgehead atoms. The molecule has 1 aliphatic rings. The van der Waals surface area contributed by atoms with Crippen molar-refractivity contribution < 1.29 is 4.74 Å². The molecule has 2 N–H and O–H groups in total. The van der Waals surface area contributed by atoms with E-state index in [9.17, 15) is 0 Å². The van der Waals surface area contributed by atoms with Crippen molar-refractivity contribution in [1.82, 2.24) is 20.4 Å². The van der Waals surface area contributed by atoms with Gasteiger partial charge in [0.2, 0.25) is 0 Å². The minimum Gasteiger partial charge on any atom is -0.379 e. The van der Waals surface area contributed by atoms with E-state index in [0.717, 1.165) is 39.1 Å². The number of nitrogens with zero attached hydrogens (tertiary/aromatic N) is 2. The highest BCUT2D eigenvalue weighted by Crippen LogP contribution is 2.03. The number of hydrogen-bond donors (Lipinski definition) is 2. The Hall–Kier alpha value is -0.910. The molecule has 18 heavy (non-hydrogen) atoms. The smallest absolute Gasteiger partial charge is 0.0620 e. The zero-order valence-electron chi connectivity index (χ0n) is 11.4. The second-order valence-electron chi connectivity index (χ2n) is 5.09. The van der Waals surface area contributed by atoms with E-state index in [0.29, 0.717) is 12.1 Å². The summed E-state index contributed by atoms with van der Waals surface area (Å²) in [6.45, 7) is 5.90. The number of morpholine rings is 1. The second-order valence-corrected chi connectivity index (χ2v) is 5.09. The van der Waals surface area contributed by atoms with E-state index in [1.54, 1.807) is 0 Å². The fourth-order valence-corrected chi connectivity index (χ4v) is 2.35. The molecule has 5 nitrogen and oxygen atoms in total. The first-order valence-electron chi connectivity index (χ1n) is 6.76. The molecule has 2 unspecified atom stereocenters. The summed E-state index contributed by atoms with van der Waals surface area (Å²) in [5.41, 5.74) is 1.29. The van der Waals surface area contributed by atoms with Gasteiger partial charge in [0, 0.05) is 31.9 Å². The van der Waals surface area contributed by atoms with Crippen LogP contribution in [0.1, 0.15) is 18.9 Å². The van der Waals surface area contributed by atoms with Crippen molar-refractivity contribution in [2.24, 2.45) is 7.05 Å². The Labute approximate surface area is 109 Å². The molecule has 2 rings (SSSR count). The van der Waals surface area contributed by atoms with Crippen molar-refractivity contribution in [2.45, 2.75) is 31.8 Å². The lowest BCUT2D eigenvalue weighted by molar-refractivity contribution is 0.0713. The maximum absolute atomic E-state index is 5.46. The summed E-state index contributed by atoms with van der Waals surface area (Å²) in [6, 6.07) is 1.01. The number of nitrogens with one attached hydrogen (secondary N) is 2. The first-order valence-corrected chi connectivity index (χ1v) is 6.76. The van der Waals surface area contributed by atoms with Crippen LogP contribution < -0.4 is 10.6 Å². The van der Waals surface area contributed by atoms with E-state index in [4.69, 9.17) is 4.74 Å². The monoisotopic (exact) mass is 252 g/mol. The van der Waals surface area contributed by atoms with Gasteiger partial charge in [-0.2, -0.15) is 5.10 Å². The average molecular weight is 252 g/mol. The van der Waals surface area contributed by atoms with Gasteiger partial charge < -0.3 is 15.4 Å². The standard InChI is InChI=1S/C13H24N4O/c1-11(7-13-10-18-6-5-15-13)14-4-3-12-8-16-17(2)9-12/h8-9,11,13-15H,3-7,10H2,1-2H3. The molecule has 0 amide bonds. The Morgan fingerprint density at radius 1 is 1.67 bits per heavy atom. The van der Waals surface area contributed by atoms with Crippen LogP contribution in [0, 0.1) is 0 Å². The zero-order chi connectivity index (χ0) is 12.8. The first kappa shape index (κ1) is 13.5. The van der Waals surface area contributed by atoms with Crippen LogP contribution in [-0.4, -0.2) is 48.2 Å². The van der Waals surface area contributed by atoms with Gasteiger partial charge in [0.15, 0.2) is 0 Å². The molecule has 102 valence electrons. The molecule has 0 saturated carbocycles. The van der Waals surface area contributed by atoms with E-state index in [1.807, 2.05) is 17.9 Å². The molecule has 5 heteroatoms. The third kappa shape index (κ3) is 4.40. The predicted molar refractivity (Wildman–Crippen MR) is 71.6 cm³/mol. The van der Waals surface area contributed by atoms with Crippen molar-refractivity contribution in [1.29, 1.82) is 0 Å². The SMILES string of the molecule is CC(CC1COCCN1)NCCc1cnn(C)c1. The summed E-state index contributed by atoms with van der Waals surface area (Å²) in [6.07, 6.45) is 6.16. The minimum atomic E-state index is 0.500. The summed E-state index contributed by atoms with van der Waals surface area (Å²) in [5, 5.41) is 11.2. The Kier molecular flexibility index (Phi) is 5.16. The maximum Gasteiger partial charge on any atom is 0.0620 e. The molecule has 0 radical (unpaired) electrons. The lowest BCUT2D eigenvalue weighted by Crippen LogP contribution is -2.45. The molecule has 1 saturated heterocycles. The van der Waals surface area contributed by atoms with Crippen molar-refractivity contribution in [2.75, 3.05) is 26.3 Å². The van der Waals surface area contributed by atoms with Crippen LogP contribution in [0.2, 0.25) is 0 Å². The summed E-state index contributed by atoms with van der Waals surface area (Å²) < 4.78 is 7.31. The Morgan fingerprint density at radius 2 is 2.56 bits per heavy atom. The van der Waals surface area contributed by atoms with Gasteiger partial charge in [-0.05, 0) is 31.9 Å². The van der Waals surface area contributed by atoms with Crippen LogP contribution in [0.15, 0.2) is 12.4 Å². The third-order valence-electron chi connectivity index (χ3n) is 3.30. The molecule has 1 fully saturated rings. The van der Waals surface area contributed by atoms with Gasteiger partial charge in [-0.15, -0.1) is 0 Å². The summed E-state index contributed by atoms with van der Waals surface area (Å²) in [7, 11) is 1.95. The number of rotatable bonds is 6. The first-order chi connectivity index (χ1) is 8.74. The van der Waals surface area contributed by atoms with Crippen LogP contribution in [-0.2, 0) is 18.2 Å². The van der Waals surface area contributed by atoms with Crippen LogP contribution in [0.3, 0.4) is 0 Å². The predicted octanol–water partition coefficient (Wildman–Crippen LogP) is 0.319. The quantitative estimate of drug-likeness (QED) is 0.765. The van der Waals surface area contributed by atoms with Crippen molar-refractivity contribution in [3.05, 3.63) is 18.0 Å². The number of aryl methyl sites for hydroxylation is 1. The van der Waals surface area contributed by atoms with Gasteiger partial charge in [-0.25, -0.2) is 0 Å².